The summed E-state index contributed by atoms with van der Waals surface area (Å²) in [5, 5.41) is 3.89. The van der Waals surface area contributed by atoms with Crippen molar-refractivity contribution < 1.29 is 9.53 Å². The van der Waals surface area contributed by atoms with E-state index in [9.17, 15) is 9.59 Å². The van der Waals surface area contributed by atoms with Gasteiger partial charge in [-0.3, -0.25) is 4.79 Å². The number of aliphatic imine (C=N–C) groups is 1. The fraction of sp³-hybridized carbons (Fsp3) is 0.250. The minimum atomic E-state index is -0.407. The lowest BCUT2D eigenvalue weighted by Crippen LogP contribution is -2.21. The molecular weight excluding hydrogens is 186 g/mol. The molecule has 1 aliphatic heterocycles. The van der Waals surface area contributed by atoms with Crippen LogP contribution in [0.3, 0.4) is 0 Å². The summed E-state index contributed by atoms with van der Waals surface area (Å²) in [5.74, 6) is -0.235. The van der Waals surface area contributed by atoms with Crippen LogP contribution in [0.2, 0.25) is 0 Å². The van der Waals surface area contributed by atoms with E-state index in [0.29, 0.717) is 5.69 Å². The second kappa shape index (κ2) is 3.06. The minimum Gasteiger partial charge on any atom is -0.404 e. The van der Waals surface area contributed by atoms with E-state index in [4.69, 9.17) is 4.74 Å². The lowest BCUT2D eigenvalue weighted by molar-refractivity contribution is -0.132. The summed E-state index contributed by atoms with van der Waals surface area (Å²) in [5.41, 5.74) is 0.164. The van der Waals surface area contributed by atoms with Gasteiger partial charge in [-0.1, -0.05) is 0 Å². The molecule has 1 aromatic heterocycles. The zero-order chi connectivity index (χ0) is 10.1. The molecule has 2 heterocycles. The number of hydrogen-bond donors (Lipinski definition) is 0. The molecule has 72 valence electrons. The highest BCUT2D eigenvalue weighted by Crippen LogP contribution is 2.03. The van der Waals surface area contributed by atoms with Crippen LogP contribution in [-0.4, -0.2) is 28.2 Å². The molecule has 0 N–H and O–H groups in total. The van der Waals surface area contributed by atoms with Gasteiger partial charge in [-0.2, -0.15) is 5.10 Å². The smallest absolute Gasteiger partial charge is 0.334 e. The number of carbonyl (C=O) groups is 1. The van der Waals surface area contributed by atoms with Crippen molar-refractivity contribution in [2.75, 3.05) is 6.54 Å². The van der Waals surface area contributed by atoms with E-state index in [1.165, 1.54) is 19.2 Å². The number of cyclic esters (lactones) is 1. The summed E-state index contributed by atoms with van der Waals surface area (Å²) in [6, 6.07) is 2.82. The summed E-state index contributed by atoms with van der Waals surface area (Å²) >= 11 is 0. The quantitative estimate of drug-likeness (QED) is 0.541. The van der Waals surface area contributed by atoms with Crippen molar-refractivity contribution >= 4 is 11.9 Å². The van der Waals surface area contributed by atoms with Crippen LogP contribution in [0, 0.1) is 0 Å². The fourth-order valence-electron chi connectivity index (χ4n) is 1.06. The Hall–Kier alpha value is -1.98. The monoisotopic (exact) mass is 193 g/mol. The molecule has 0 saturated carbocycles. The summed E-state index contributed by atoms with van der Waals surface area (Å²) in [6.45, 7) is 0.0137. The van der Waals surface area contributed by atoms with Crippen LogP contribution in [0.5, 0.6) is 0 Å². The molecule has 0 atom stereocenters. The van der Waals surface area contributed by atoms with Gasteiger partial charge in [0.1, 0.15) is 12.2 Å². The average Bonchev–Trinajstić information content (AvgIpc) is 2.57. The number of carbonyl (C=O) groups excluding carboxylic acids is 1. The second-order valence-corrected chi connectivity index (χ2v) is 2.78. The second-order valence-electron chi connectivity index (χ2n) is 2.78. The molecule has 0 saturated heterocycles. The molecular formula is C8H7N3O3. The van der Waals surface area contributed by atoms with Crippen LogP contribution < -0.4 is 5.56 Å². The number of aryl methyl sites for hydroxylation is 1. The molecule has 14 heavy (non-hydrogen) atoms. The molecule has 0 bridgehead atoms. The predicted molar refractivity (Wildman–Crippen MR) is 47.0 cm³/mol. The molecule has 0 radical (unpaired) electrons. The number of hydrogen-bond acceptors (Lipinski definition) is 5. The SMILES string of the molecule is Cn1nc(C2=NCC(=O)O2)ccc1=O. The highest BCUT2D eigenvalue weighted by atomic mass is 16.6. The molecule has 2 rings (SSSR count). The van der Waals surface area contributed by atoms with E-state index >= 15 is 0 Å². The molecule has 1 aromatic rings. The van der Waals surface area contributed by atoms with E-state index in [2.05, 4.69) is 10.1 Å². The van der Waals surface area contributed by atoms with Crippen LogP contribution in [0.25, 0.3) is 0 Å². The third-order valence-corrected chi connectivity index (χ3v) is 1.74. The van der Waals surface area contributed by atoms with Gasteiger partial charge in [0.25, 0.3) is 5.56 Å². The Bertz CT molecular complexity index is 475. The van der Waals surface area contributed by atoms with Gasteiger partial charge >= 0.3 is 5.97 Å². The number of rotatable bonds is 1. The van der Waals surface area contributed by atoms with E-state index in [-0.39, 0.29) is 18.0 Å². The Kier molecular flexibility index (Phi) is 1.88. The largest absolute Gasteiger partial charge is 0.404 e. The van der Waals surface area contributed by atoms with E-state index in [1.807, 2.05) is 0 Å². The molecule has 0 aromatic carbocycles. The van der Waals surface area contributed by atoms with Crippen molar-refractivity contribution in [2.45, 2.75) is 0 Å². The van der Waals surface area contributed by atoms with Crippen molar-refractivity contribution in [1.82, 2.24) is 9.78 Å². The molecule has 0 aliphatic carbocycles. The van der Waals surface area contributed by atoms with Crippen molar-refractivity contribution in [1.29, 1.82) is 0 Å². The molecule has 6 nitrogen and oxygen atoms in total. The molecule has 6 heteroatoms. The first-order valence-corrected chi connectivity index (χ1v) is 3.96. The van der Waals surface area contributed by atoms with Gasteiger partial charge in [-0.05, 0) is 6.07 Å². The average molecular weight is 193 g/mol. The van der Waals surface area contributed by atoms with Gasteiger partial charge in [-0.15, -0.1) is 0 Å². The Morgan fingerprint density at radius 1 is 1.43 bits per heavy atom. The first-order valence-electron chi connectivity index (χ1n) is 3.96. The van der Waals surface area contributed by atoms with Crippen molar-refractivity contribution in [3.63, 3.8) is 0 Å². The number of esters is 1. The van der Waals surface area contributed by atoms with E-state index < -0.39 is 5.97 Å². The number of nitrogens with zero attached hydrogens (tertiary/aromatic N) is 3. The normalized spacial score (nSPS) is 15.2. The van der Waals surface area contributed by atoms with Gasteiger partial charge in [0.15, 0.2) is 0 Å². The van der Waals surface area contributed by atoms with E-state index in [0.717, 1.165) is 4.68 Å². The van der Waals surface area contributed by atoms with Crippen LogP contribution in [0.1, 0.15) is 5.69 Å². The molecule has 0 unspecified atom stereocenters. The lowest BCUT2D eigenvalue weighted by Gasteiger charge is -2.00. The minimum absolute atomic E-state index is 0.0137. The maximum absolute atomic E-state index is 11.0. The fourth-order valence-corrected chi connectivity index (χ4v) is 1.06. The molecule has 0 spiro atoms. The zero-order valence-electron chi connectivity index (χ0n) is 7.43. The zero-order valence-corrected chi connectivity index (χ0v) is 7.43. The summed E-state index contributed by atoms with van der Waals surface area (Å²) in [7, 11) is 1.52. The third kappa shape index (κ3) is 1.41. The summed E-state index contributed by atoms with van der Waals surface area (Å²) < 4.78 is 5.93. The standard InChI is InChI=1S/C8H7N3O3/c1-11-6(12)3-2-5(10-11)8-9-4-7(13)14-8/h2-3H,4H2,1H3. The van der Waals surface area contributed by atoms with Crippen LogP contribution in [0.15, 0.2) is 21.9 Å². The first kappa shape index (κ1) is 8.61. The van der Waals surface area contributed by atoms with Crippen LogP contribution >= 0.6 is 0 Å². The van der Waals surface area contributed by atoms with Crippen LogP contribution in [0.4, 0.5) is 0 Å². The third-order valence-electron chi connectivity index (χ3n) is 1.74. The van der Waals surface area contributed by atoms with Gasteiger partial charge in [0.2, 0.25) is 5.90 Å². The van der Waals surface area contributed by atoms with Crippen LogP contribution in [-0.2, 0) is 16.6 Å². The summed E-state index contributed by atoms with van der Waals surface area (Å²) in [4.78, 5) is 25.6. The molecule has 0 amide bonds. The number of aromatic nitrogens is 2. The Morgan fingerprint density at radius 3 is 2.79 bits per heavy atom. The topological polar surface area (TPSA) is 73.6 Å². The van der Waals surface area contributed by atoms with Crippen molar-refractivity contribution in [3.8, 4) is 0 Å². The Labute approximate surface area is 78.8 Å². The number of ether oxygens (including phenoxy) is 1. The predicted octanol–water partition coefficient (Wildman–Crippen LogP) is -0.916. The Balaban J connectivity index is 2.39. The summed E-state index contributed by atoms with van der Waals surface area (Å²) in [6.07, 6.45) is 0. The highest BCUT2D eigenvalue weighted by Gasteiger charge is 2.19. The highest BCUT2D eigenvalue weighted by molar-refractivity contribution is 6.03. The lowest BCUT2D eigenvalue weighted by atomic mass is 10.4. The van der Waals surface area contributed by atoms with Crippen molar-refractivity contribution in [3.05, 3.63) is 28.2 Å². The Morgan fingerprint density at radius 2 is 2.21 bits per heavy atom. The maximum atomic E-state index is 11.0. The molecule has 1 aliphatic rings. The maximum Gasteiger partial charge on any atom is 0.334 e. The van der Waals surface area contributed by atoms with Gasteiger partial charge in [0.05, 0.1) is 0 Å². The first-order chi connectivity index (χ1) is 6.66. The van der Waals surface area contributed by atoms with E-state index in [1.54, 1.807) is 0 Å². The van der Waals surface area contributed by atoms with Gasteiger partial charge < -0.3 is 4.74 Å². The molecule has 0 fully saturated rings. The van der Waals surface area contributed by atoms with Gasteiger partial charge in [0, 0.05) is 13.1 Å². The van der Waals surface area contributed by atoms with Gasteiger partial charge in [-0.25, -0.2) is 14.5 Å². The van der Waals surface area contributed by atoms with Crippen molar-refractivity contribution in [2.24, 2.45) is 12.0 Å².